The molecule has 1 aliphatic rings. The highest BCUT2D eigenvalue weighted by atomic mass is 35.5. The number of piperidine rings is 1. The molecule has 0 radical (unpaired) electrons. The largest absolute Gasteiger partial charge is 0.474 e. The minimum Gasteiger partial charge on any atom is -0.474 e. The average Bonchev–Trinajstić information content (AvgIpc) is 2.84. The molecule has 0 N–H and O–H groups in total. The van der Waals surface area contributed by atoms with Crippen molar-refractivity contribution in [3.05, 3.63) is 82.3 Å². The van der Waals surface area contributed by atoms with Crippen molar-refractivity contribution in [1.82, 2.24) is 20.1 Å². The van der Waals surface area contributed by atoms with Gasteiger partial charge in [-0.1, -0.05) is 23.7 Å². The topological polar surface area (TPSA) is 92.0 Å². The third-order valence-electron chi connectivity index (χ3n) is 6.05. The Bertz CT molecular complexity index is 1160. The summed E-state index contributed by atoms with van der Waals surface area (Å²) < 4.78 is 6.16. The second-order valence-electron chi connectivity index (χ2n) is 8.27. The van der Waals surface area contributed by atoms with Crippen LogP contribution in [-0.2, 0) is 0 Å². The van der Waals surface area contributed by atoms with Crippen LogP contribution in [0.5, 0.6) is 5.88 Å². The van der Waals surface area contributed by atoms with Crippen LogP contribution < -0.4 is 4.74 Å². The van der Waals surface area contributed by atoms with Gasteiger partial charge in [0.05, 0.1) is 23.0 Å². The number of nitriles is 1. The van der Waals surface area contributed by atoms with Gasteiger partial charge in [0.2, 0.25) is 5.88 Å². The minimum absolute atomic E-state index is 0.0484. The number of rotatable bonds is 5. The van der Waals surface area contributed by atoms with Gasteiger partial charge >= 0.3 is 0 Å². The first-order chi connectivity index (χ1) is 15.9. The fourth-order valence-corrected chi connectivity index (χ4v) is 4.47. The molecular formula is C25H24ClN5O2. The molecule has 1 amide bonds. The Morgan fingerprint density at radius 3 is 2.70 bits per heavy atom. The van der Waals surface area contributed by atoms with Crippen LogP contribution in [0.4, 0.5) is 0 Å². The lowest BCUT2D eigenvalue weighted by Crippen LogP contribution is -2.46. The molecule has 0 saturated carbocycles. The van der Waals surface area contributed by atoms with E-state index in [4.69, 9.17) is 21.6 Å². The summed E-state index contributed by atoms with van der Waals surface area (Å²) in [7, 11) is 0. The van der Waals surface area contributed by atoms with Crippen molar-refractivity contribution in [2.24, 2.45) is 5.92 Å². The second-order valence-corrected chi connectivity index (χ2v) is 8.70. The zero-order valence-corrected chi connectivity index (χ0v) is 19.2. The summed E-state index contributed by atoms with van der Waals surface area (Å²) in [5.74, 6) is 0.648. The van der Waals surface area contributed by atoms with Gasteiger partial charge in [-0.2, -0.15) is 15.5 Å². The summed E-state index contributed by atoms with van der Waals surface area (Å²) in [4.78, 5) is 19.3. The number of amides is 1. The highest BCUT2D eigenvalue weighted by Crippen LogP contribution is 2.37. The predicted molar refractivity (Wildman–Crippen MR) is 124 cm³/mol. The molecule has 0 spiro atoms. The lowest BCUT2D eigenvalue weighted by atomic mass is 9.77. The molecule has 4 rings (SSSR count). The van der Waals surface area contributed by atoms with Crippen molar-refractivity contribution in [1.29, 1.82) is 5.26 Å². The van der Waals surface area contributed by atoms with Gasteiger partial charge in [-0.3, -0.25) is 4.79 Å². The summed E-state index contributed by atoms with van der Waals surface area (Å²) >= 11 is 6.12. The molecular weight excluding hydrogens is 438 g/mol. The van der Waals surface area contributed by atoms with E-state index >= 15 is 0 Å². The molecule has 1 saturated heterocycles. The molecule has 1 fully saturated rings. The molecule has 3 heterocycles. The van der Waals surface area contributed by atoms with Gasteiger partial charge < -0.3 is 9.64 Å². The summed E-state index contributed by atoms with van der Waals surface area (Å²) in [5.41, 5.74) is 2.85. The Morgan fingerprint density at radius 2 is 2.03 bits per heavy atom. The van der Waals surface area contributed by atoms with Crippen LogP contribution in [0.2, 0.25) is 5.02 Å². The number of ether oxygens (including phenoxy) is 1. The van der Waals surface area contributed by atoms with Crippen LogP contribution in [-0.4, -0.2) is 45.2 Å². The molecule has 0 aliphatic carbocycles. The molecule has 0 bridgehead atoms. The fourth-order valence-electron chi connectivity index (χ4n) is 4.35. The van der Waals surface area contributed by atoms with Gasteiger partial charge in [0, 0.05) is 42.2 Å². The fraction of sp³-hybridized carbons (Fsp3) is 0.320. The smallest absolute Gasteiger partial charge is 0.255 e. The first kappa shape index (κ1) is 22.7. The maximum absolute atomic E-state index is 13.2. The van der Waals surface area contributed by atoms with E-state index in [0.29, 0.717) is 40.8 Å². The SMILES string of the molecule is Cc1cc(C(=O)N2CCC(C(C)Oc3ccc(C#N)cn3)C(c3ccc(Cl)cc3)C2)cnn1. The van der Waals surface area contributed by atoms with Crippen LogP contribution in [0, 0.1) is 24.2 Å². The average molecular weight is 462 g/mol. The molecule has 2 aromatic heterocycles. The standard InChI is InChI=1S/C25H24ClN5O2/c1-16-11-20(14-29-30-16)25(32)31-10-9-22(23(15-31)19-4-6-21(26)7-5-19)17(2)33-24-8-3-18(12-27)13-28-24/h3-8,11,13-14,17,22-23H,9-10,15H2,1-2H3. The number of benzene rings is 1. The second kappa shape index (κ2) is 9.97. The zero-order chi connectivity index (χ0) is 23.4. The number of carbonyl (C=O) groups excluding carboxylic acids is 1. The van der Waals surface area contributed by atoms with Gasteiger partial charge in [0.15, 0.2) is 0 Å². The van der Waals surface area contributed by atoms with E-state index in [0.717, 1.165) is 12.0 Å². The maximum atomic E-state index is 13.2. The number of likely N-dealkylation sites (tertiary alicyclic amines) is 1. The van der Waals surface area contributed by atoms with Gasteiger partial charge in [-0.15, -0.1) is 0 Å². The predicted octanol–water partition coefficient (Wildman–Crippen LogP) is 4.42. The molecule has 33 heavy (non-hydrogen) atoms. The number of aryl methyl sites for hydroxylation is 1. The molecule has 7 nitrogen and oxygen atoms in total. The van der Waals surface area contributed by atoms with Crippen LogP contribution in [0.25, 0.3) is 0 Å². The third-order valence-corrected chi connectivity index (χ3v) is 6.30. The van der Waals surface area contributed by atoms with Gasteiger partial charge in [0.25, 0.3) is 5.91 Å². The monoisotopic (exact) mass is 461 g/mol. The van der Waals surface area contributed by atoms with E-state index in [2.05, 4.69) is 21.3 Å². The van der Waals surface area contributed by atoms with Crippen molar-refractivity contribution in [3.63, 3.8) is 0 Å². The highest BCUT2D eigenvalue weighted by molar-refractivity contribution is 6.30. The molecule has 1 aliphatic heterocycles. The van der Waals surface area contributed by atoms with Crippen molar-refractivity contribution in [2.45, 2.75) is 32.3 Å². The number of nitrogens with zero attached hydrogens (tertiary/aromatic N) is 5. The zero-order valence-electron chi connectivity index (χ0n) is 18.5. The molecule has 3 atom stereocenters. The lowest BCUT2D eigenvalue weighted by Gasteiger charge is -2.41. The summed E-state index contributed by atoms with van der Waals surface area (Å²) in [6.45, 7) is 5.02. The number of pyridine rings is 1. The summed E-state index contributed by atoms with van der Waals surface area (Å²) in [5, 5.41) is 17.5. The Balaban J connectivity index is 1.56. The van der Waals surface area contributed by atoms with Gasteiger partial charge in [0.1, 0.15) is 12.2 Å². The molecule has 3 aromatic rings. The molecule has 8 heteroatoms. The van der Waals surface area contributed by atoms with Gasteiger partial charge in [-0.25, -0.2) is 4.98 Å². The molecule has 168 valence electrons. The van der Waals surface area contributed by atoms with Crippen molar-refractivity contribution in [3.8, 4) is 11.9 Å². The highest BCUT2D eigenvalue weighted by Gasteiger charge is 2.37. The van der Waals surface area contributed by atoms with E-state index in [1.54, 1.807) is 18.2 Å². The van der Waals surface area contributed by atoms with Gasteiger partial charge in [-0.05, 0) is 50.1 Å². The quantitative estimate of drug-likeness (QED) is 0.558. The van der Waals surface area contributed by atoms with Crippen molar-refractivity contribution >= 4 is 17.5 Å². The van der Waals surface area contributed by atoms with E-state index in [-0.39, 0.29) is 23.8 Å². The first-order valence-electron chi connectivity index (χ1n) is 10.8. The van der Waals surface area contributed by atoms with Crippen LogP contribution in [0.1, 0.15) is 46.4 Å². The molecule has 3 unspecified atom stereocenters. The van der Waals surface area contributed by atoms with Crippen LogP contribution in [0.15, 0.2) is 54.9 Å². The minimum atomic E-state index is -0.145. The van der Waals surface area contributed by atoms with E-state index < -0.39 is 0 Å². The normalized spacial score (nSPS) is 18.9. The lowest BCUT2D eigenvalue weighted by molar-refractivity contribution is 0.0483. The number of carbonyl (C=O) groups is 1. The van der Waals surface area contributed by atoms with Crippen molar-refractivity contribution in [2.75, 3.05) is 13.1 Å². The van der Waals surface area contributed by atoms with E-state index in [9.17, 15) is 4.79 Å². The maximum Gasteiger partial charge on any atom is 0.255 e. The Hall–Kier alpha value is -3.50. The van der Waals surface area contributed by atoms with Crippen LogP contribution >= 0.6 is 11.6 Å². The Morgan fingerprint density at radius 1 is 1.24 bits per heavy atom. The third kappa shape index (κ3) is 5.29. The number of hydrogen-bond acceptors (Lipinski definition) is 6. The Kier molecular flexibility index (Phi) is 6.85. The van der Waals surface area contributed by atoms with E-state index in [1.165, 1.54) is 12.4 Å². The first-order valence-corrected chi connectivity index (χ1v) is 11.2. The summed E-state index contributed by atoms with van der Waals surface area (Å²) in [6.07, 6.45) is 3.65. The number of hydrogen-bond donors (Lipinski definition) is 0. The number of aromatic nitrogens is 3. The Labute approximate surface area is 198 Å². The molecule has 1 aromatic carbocycles. The van der Waals surface area contributed by atoms with Crippen molar-refractivity contribution < 1.29 is 9.53 Å². The van der Waals surface area contributed by atoms with E-state index in [1.807, 2.05) is 43.0 Å². The summed E-state index contributed by atoms with van der Waals surface area (Å²) in [6, 6.07) is 15.0. The van der Waals surface area contributed by atoms with Crippen LogP contribution in [0.3, 0.4) is 0 Å². The number of halogens is 1.